The maximum Gasteiger partial charge on any atom is 0.307 e. The summed E-state index contributed by atoms with van der Waals surface area (Å²) in [6.45, 7) is 1.69. The molecule has 0 saturated heterocycles. The summed E-state index contributed by atoms with van der Waals surface area (Å²) in [6, 6.07) is 4.44. The van der Waals surface area contributed by atoms with E-state index in [9.17, 15) is 13.6 Å². The summed E-state index contributed by atoms with van der Waals surface area (Å²) < 4.78 is 25.8. The van der Waals surface area contributed by atoms with Gasteiger partial charge < -0.3 is 5.11 Å². The van der Waals surface area contributed by atoms with Crippen molar-refractivity contribution in [3.63, 3.8) is 0 Å². The molecule has 0 radical (unpaired) electrons. The van der Waals surface area contributed by atoms with E-state index in [0.717, 1.165) is 0 Å². The van der Waals surface area contributed by atoms with Crippen LogP contribution < -0.4 is 0 Å². The number of rotatable bonds is 4. The molecular weight excluding hydrogens is 228 g/mol. The number of hydrogen-bond acceptors (Lipinski definition) is 2. The van der Waals surface area contributed by atoms with E-state index in [2.05, 4.69) is 0 Å². The number of carboxylic acids is 1. The maximum absolute atomic E-state index is 12.9. The van der Waals surface area contributed by atoms with Gasteiger partial charge in [-0.15, -0.1) is 0 Å². The van der Waals surface area contributed by atoms with Crippen molar-refractivity contribution < 1.29 is 18.7 Å². The van der Waals surface area contributed by atoms with E-state index in [1.165, 1.54) is 12.1 Å². The van der Waals surface area contributed by atoms with E-state index >= 15 is 0 Å². The predicted molar refractivity (Wildman–Crippen MR) is 56.8 cm³/mol. The van der Waals surface area contributed by atoms with E-state index in [4.69, 9.17) is 10.4 Å². The number of alkyl halides is 2. The molecule has 0 aromatic heterocycles. The van der Waals surface area contributed by atoms with Crippen LogP contribution in [-0.2, 0) is 17.6 Å². The second-order valence-electron chi connectivity index (χ2n) is 3.54. The van der Waals surface area contributed by atoms with Crippen LogP contribution in [0.5, 0.6) is 0 Å². The molecule has 17 heavy (non-hydrogen) atoms. The SMILES string of the molecule is CCc1cc(C#N)cc(CC(=O)O)c1C(F)F. The Morgan fingerprint density at radius 3 is 2.47 bits per heavy atom. The normalized spacial score (nSPS) is 10.3. The highest BCUT2D eigenvalue weighted by atomic mass is 19.3. The van der Waals surface area contributed by atoms with Gasteiger partial charge in [0.25, 0.3) is 6.43 Å². The fraction of sp³-hybridized carbons (Fsp3) is 0.333. The smallest absolute Gasteiger partial charge is 0.307 e. The highest BCUT2D eigenvalue weighted by Gasteiger charge is 2.19. The molecule has 0 heterocycles. The van der Waals surface area contributed by atoms with E-state index < -0.39 is 18.8 Å². The summed E-state index contributed by atoms with van der Waals surface area (Å²) in [5.41, 5.74) is 0.301. The quantitative estimate of drug-likeness (QED) is 0.878. The first-order valence-electron chi connectivity index (χ1n) is 5.05. The first-order chi connectivity index (χ1) is 7.99. The topological polar surface area (TPSA) is 61.1 Å². The van der Waals surface area contributed by atoms with Gasteiger partial charge in [0.2, 0.25) is 0 Å². The van der Waals surface area contributed by atoms with E-state index in [0.29, 0.717) is 12.0 Å². The Morgan fingerprint density at radius 1 is 1.47 bits per heavy atom. The van der Waals surface area contributed by atoms with Crippen molar-refractivity contribution in [2.45, 2.75) is 26.2 Å². The van der Waals surface area contributed by atoms with Crippen molar-refractivity contribution in [2.75, 3.05) is 0 Å². The monoisotopic (exact) mass is 239 g/mol. The zero-order valence-corrected chi connectivity index (χ0v) is 9.20. The molecule has 1 aromatic carbocycles. The summed E-state index contributed by atoms with van der Waals surface area (Å²) in [5, 5.41) is 17.4. The standard InChI is InChI=1S/C12H11F2NO2/c1-2-8-3-7(6-15)4-9(5-10(16)17)11(8)12(13)14/h3-4,12H,2,5H2,1H3,(H,16,17). The third-order valence-electron chi connectivity index (χ3n) is 2.42. The fourth-order valence-corrected chi connectivity index (χ4v) is 1.73. The molecule has 3 nitrogen and oxygen atoms in total. The van der Waals surface area contributed by atoms with Crippen LogP contribution in [0.25, 0.3) is 0 Å². The molecule has 0 amide bonds. The van der Waals surface area contributed by atoms with Gasteiger partial charge >= 0.3 is 5.97 Å². The summed E-state index contributed by atoms with van der Waals surface area (Å²) >= 11 is 0. The fourth-order valence-electron chi connectivity index (χ4n) is 1.73. The Labute approximate surface area is 97.3 Å². The van der Waals surface area contributed by atoms with Crippen molar-refractivity contribution in [1.82, 2.24) is 0 Å². The largest absolute Gasteiger partial charge is 0.481 e. The molecule has 90 valence electrons. The number of carbonyl (C=O) groups is 1. The van der Waals surface area contributed by atoms with Crippen LogP contribution in [0.3, 0.4) is 0 Å². The lowest BCUT2D eigenvalue weighted by Gasteiger charge is -2.12. The number of aliphatic carboxylic acids is 1. The molecule has 1 N–H and O–H groups in total. The third kappa shape index (κ3) is 3.00. The zero-order valence-electron chi connectivity index (χ0n) is 9.20. The van der Waals surface area contributed by atoms with Crippen LogP contribution in [0.1, 0.15) is 35.6 Å². The molecule has 0 aliphatic carbocycles. The molecule has 1 rings (SSSR count). The molecule has 0 unspecified atom stereocenters. The summed E-state index contributed by atoms with van der Waals surface area (Å²) in [6.07, 6.45) is -2.89. The molecular formula is C12H11F2NO2. The molecule has 0 spiro atoms. The first kappa shape index (κ1) is 13.1. The van der Waals surface area contributed by atoms with E-state index in [-0.39, 0.29) is 16.7 Å². The number of nitrogens with zero attached hydrogens (tertiary/aromatic N) is 1. The van der Waals surface area contributed by atoms with Crippen LogP contribution in [0.2, 0.25) is 0 Å². The van der Waals surface area contributed by atoms with E-state index in [1.54, 1.807) is 6.92 Å². The Kier molecular flexibility index (Phi) is 4.16. The maximum atomic E-state index is 12.9. The van der Waals surface area contributed by atoms with Gasteiger partial charge in [-0.05, 0) is 29.7 Å². The molecule has 0 aliphatic rings. The average molecular weight is 239 g/mol. The van der Waals surface area contributed by atoms with Crippen LogP contribution in [0, 0.1) is 11.3 Å². The average Bonchev–Trinajstić information content (AvgIpc) is 2.26. The number of carboxylic acid groups (broad SMARTS) is 1. The second-order valence-corrected chi connectivity index (χ2v) is 3.54. The van der Waals surface area contributed by atoms with Gasteiger partial charge in [-0.25, -0.2) is 8.78 Å². The van der Waals surface area contributed by atoms with Gasteiger partial charge in [-0.3, -0.25) is 4.79 Å². The van der Waals surface area contributed by atoms with Crippen molar-refractivity contribution >= 4 is 5.97 Å². The van der Waals surface area contributed by atoms with Gasteiger partial charge in [-0.1, -0.05) is 6.92 Å². The summed E-state index contributed by atoms with van der Waals surface area (Å²) in [5.74, 6) is -1.19. The van der Waals surface area contributed by atoms with Gasteiger partial charge in [0.05, 0.1) is 18.1 Å². The molecule has 0 saturated carbocycles. The molecule has 0 atom stereocenters. The Bertz CT molecular complexity index is 478. The molecule has 0 fully saturated rings. The number of nitriles is 1. The van der Waals surface area contributed by atoms with Crippen LogP contribution in [-0.4, -0.2) is 11.1 Å². The van der Waals surface area contributed by atoms with Gasteiger partial charge in [0, 0.05) is 5.56 Å². The Morgan fingerprint density at radius 2 is 2.06 bits per heavy atom. The number of benzene rings is 1. The number of halogens is 2. The van der Waals surface area contributed by atoms with Crippen LogP contribution in [0.4, 0.5) is 8.78 Å². The minimum Gasteiger partial charge on any atom is -0.481 e. The lowest BCUT2D eigenvalue weighted by Crippen LogP contribution is -2.07. The van der Waals surface area contributed by atoms with Gasteiger partial charge in [0.1, 0.15) is 0 Å². The van der Waals surface area contributed by atoms with Crippen LogP contribution >= 0.6 is 0 Å². The molecule has 5 heteroatoms. The summed E-state index contributed by atoms with van der Waals surface area (Å²) in [4.78, 5) is 10.6. The van der Waals surface area contributed by atoms with Crippen molar-refractivity contribution in [3.05, 3.63) is 34.4 Å². The third-order valence-corrected chi connectivity index (χ3v) is 2.42. The Hall–Kier alpha value is -1.96. The summed E-state index contributed by atoms with van der Waals surface area (Å²) in [7, 11) is 0. The highest BCUT2D eigenvalue weighted by Crippen LogP contribution is 2.29. The number of hydrogen-bond donors (Lipinski definition) is 1. The molecule has 0 aliphatic heterocycles. The molecule has 1 aromatic rings. The van der Waals surface area contributed by atoms with Crippen molar-refractivity contribution in [3.8, 4) is 6.07 Å². The van der Waals surface area contributed by atoms with E-state index in [1.807, 2.05) is 6.07 Å². The van der Waals surface area contributed by atoms with Gasteiger partial charge in [-0.2, -0.15) is 5.26 Å². The minimum atomic E-state index is -2.73. The van der Waals surface area contributed by atoms with Gasteiger partial charge in [0.15, 0.2) is 0 Å². The molecule has 0 bridgehead atoms. The zero-order chi connectivity index (χ0) is 13.0. The van der Waals surface area contributed by atoms with Crippen molar-refractivity contribution in [2.24, 2.45) is 0 Å². The minimum absolute atomic E-state index is 0.0170. The highest BCUT2D eigenvalue weighted by molar-refractivity contribution is 5.71. The lowest BCUT2D eigenvalue weighted by atomic mass is 9.94. The second kappa shape index (κ2) is 5.39. The first-order valence-corrected chi connectivity index (χ1v) is 5.05. The van der Waals surface area contributed by atoms with Crippen molar-refractivity contribution in [1.29, 1.82) is 5.26 Å². The number of aryl methyl sites for hydroxylation is 1. The lowest BCUT2D eigenvalue weighted by molar-refractivity contribution is -0.136. The predicted octanol–water partition coefficient (Wildman–Crippen LogP) is 2.69. The Balaban J connectivity index is 3.41. The van der Waals surface area contributed by atoms with Crippen LogP contribution in [0.15, 0.2) is 12.1 Å².